The van der Waals surface area contributed by atoms with Gasteiger partial charge >= 0.3 is 6.18 Å². The second kappa shape index (κ2) is 7.85. The van der Waals surface area contributed by atoms with Gasteiger partial charge < -0.3 is 9.62 Å². The topological polar surface area (TPSA) is 32.3 Å². The van der Waals surface area contributed by atoms with E-state index in [1.54, 1.807) is 34.7 Å². The largest absolute Gasteiger partial charge is 0.422 e. The van der Waals surface area contributed by atoms with E-state index in [0.717, 1.165) is 5.56 Å². The van der Waals surface area contributed by atoms with Crippen molar-refractivity contribution in [3.05, 3.63) is 58.2 Å². The molecule has 1 heterocycles. The number of rotatable bonds is 3. The molecule has 0 aromatic heterocycles. The summed E-state index contributed by atoms with van der Waals surface area (Å²) in [6.07, 6.45) is -5.65. The summed E-state index contributed by atoms with van der Waals surface area (Å²) in [5.41, 5.74) is -2.32. The van der Waals surface area contributed by atoms with Crippen LogP contribution < -0.4 is 9.62 Å². The predicted molar refractivity (Wildman–Crippen MR) is 103 cm³/mol. The molecule has 0 spiro atoms. The summed E-state index contributed by atoms with van der Waals surface area (Å²) >= 11 is 1.97. The van der Waals surface area contributed by atoms with Crippen LogP contribution in [0.3, 0.4) is 0 Å². The number of amides is 1. The number of nitrogens with zero attached hydrogens (tertiary/aromatic N) is 1. The molecule has 3 rings (SSSR count). The maximum Gasteiger partial charge on any atom is 0.422 e. The van der Waals surface area contributed by atoms with Crippen molar-refractivity contribution >= 4 is 47.6 Å². The Balaban J connectivity index is 2.00. The van der Waals surface area contributed by atoms with Crippen LogP contribution in [0.5, 0.6) is 0 Å². The second-order valence-electron chi connectivity index (χ2n) is 6.24. The van der Waals surface area contributed by atoms with Crippen molar-refractivity contribution in [2.75, 3.05) is 16.2 Å². The number of fused-ring (bicyclic) bond motifs is 1. The fraction of sp³-hybridized carbons (Fsp3) is 0.235. The highest BCUT2D eigenvalue weighted by atomic mass is 127. The molecule has 0 saturated heterocycles. The minimum atomic E-state index is -5.65. The molecule has 1 aliphatic heterocycles. The monoisotopic (exact) mass is 550 g/mol. The fourth-order valence-corrected chi connectivity index (χ4v) is 4.60. The Bertz CT molecular complexity index is 970. The van der Waals surface area contributed by atoms with Crippen LogP contribution in [-0.4, -0.2) is 12.5 Å². The highest BCUT2D eigenvalue weighted by Crippen LogP contribution is 2.43. The third-order valence-electron chi connectivity index (χ3n) is 4.37. The Morgan fingerprint density at radius 1 is 1.14 bits per heavy atom. The molecule has 12 heteroatoms. The van der Waals surface area contributed by atoms with E-state index >= 15 is 0 Å². The van der Waals surface area contributed by atoms with Gasteiger partial charge in [0.05, 0.1) is 11.6 Å². The van der Waals surface area contributed by atoms with Crippen molar-refractivity contribution in [1.29, 1.82) is 0 Å². The highest BCUT2D eigenvalue weighted by molar-refractivity contribution is 14.2. The Kier molecular flexibility index (Phi) is 5.96. The first kappa shape index (κ1) is 22.0. The molecule has 0 radical (unpaired) electrons. The van der Waals surface area contributed by atoms with Crippen LogP contribution >= 0.6 is 30.3 Å². The number of anilines is 2. The van der Waals surface area contributed by atoms with E-state index in [1.165, 1.54) is 9.12 Å². The molecule has 0 aliphatic carbocycles. The van der Waals surface area contributed by atoms with Crippen LogP contribution in [0.25, 0.3) is 0 Å². The summed E-state index contributed by atoms with van der Waals surface area (Å²) in [6.45, 7) is 1.85. The minimum absolute atomic E-state index is 0.0903. The van der Waals surface area contributed by atoms with Gasteiger partial charge in [-0.1, -0.05) is 17.7 Å². The third kappa shape index (κ3) is 3.88. The molecule has 1 amide bonds. The standard InChI is InChI=1S/C17H10F7IN2OS/c1-6-2-3-9-7(4-6)8(5-27(9)29-25)16(28)26-15-13(20)11(18)10(17(22,23)24)12(19)14(15)21/h2-4,8H,5H2,1H3,(H,26,28). The van der Waals surface area contributed by atoms with Crippen molar-refractivity contribution in [3.8, 4) is 0 Å². The quantitative estimate of drug-likeness (QED) is 0.217. The van der Waals surface area contributed by atoms with E-state index in [0.29, 0.717) is 11.3 Å². The number of carbonyl (C=O) groups is 1. The van der Waals surface area contributed by atoms with Gasteiger partial charge in [-0.15, -0.1) is 0 Å². The smallest absolute Gasteiger partial charge is 0.320 e. The number of nitrogens with one attached hydrogen (secondary N) is 1. The Morgan fingerprint density at radius 3 is 2.24 bits per heavy atom. The zero-order valence-electron chi connectivity index (χ0n) is 14.3. The number of carbonyl (C=O) groups excluding carboxylic acids is 1. The van der Waals surface area contributed by atoms with Crippen molar-refractivity contribution in [2.45, 2.75) is 19.0 Å². The lowest BCUT2D eigenvalue weighted by molar-refractivity contribution is -0.143. The summed E-state index contributed by atoms with van der Waals surface area (Å²) in [7, 11) is 1.25. The summed E-state index contributed by atoms with van der Waals surface area (Å²) in [4.78, 5) is 12.6. The van der Waals surface area contributed by atoms with Crippen molar-refractivity contribution < 1.29 is 35.5 Å². The molecule has 2 aromatic rings. The summed E-state index contributed by atoms with van der Waals surface area (Å²) in [5.74, 6) is -11.9. The number of halogens is 8. The van der Waals surface area contributed by atoms with Crippen LogP contribution in [0.1, 0.15) is 22.6 Å². The number of aryl methyl sites for hydroxylation is 1. The van der Waals surface area contributed by atoms with E-state index in [4.69, 9.17) is 0 Å². The van der Waals surface area contributed by atoms with Gasteiger partial charge in [0, 0.05) is 36.9 Å². The van der Waals surface area contributed by atoms with E-state index in [9.17, 15) is 35.5 Å². The molecular formula is C17H10F7IN2OS. The van der Waals surface area contributed by atoms with E-state index in [-0.39, 0.29) is 6.54 Å². The molecule has 3 nitrogen and oxygen atoms in total. The summed E-state index contributed by atoms with van der Waals surface area (Å²) in [6, 6.07) is 5.20. The van der Waals surface area contributed by atoms with Crippen LogP contribution in [0.2, 0.25) is 0 Å². The molecule has 1 aliphatic rings. The van der Waals surface area contributed by atoms with Gasteiger partial charge in [-0.05, 0) is 18.6 Å². The minimum Gasteiger partial charge on any atom is -0.320 e. The van der Waals surface area contributed by atoms with E-state index < -0.39 is 52.5 Å². The number of hydrogen-bond acceptors (Lipinski definition) is 3. The first-order valence-corrected chi connectivity index (χ1v) is 11.2. The molecule has 1 unspecified atom stereocenters. The Hall–Kier alpha value is -1.70. The average molecular weight is 550 g/mol. The number of alkyl halides is 3. The molecule has 1 atom stereocenters. The van der Waals surface area contributed by atoms with Crippen molar-refractivity contribution in [2.24, 2.45) is 0 Å². The first-order chi connectivity index (χ1) is 13.5. The third-order valence-corrected chi connectivity index (χ3v) is 6.31. The first-order valence-electron chi connectivity index (χ1n) is 7.88. The van der Waals surface area contributed by atoms with Gasteiger partial charge in [0.25, 0.3) is 0 Å². The molecule has 156 valence electrons. The van der Waals surface area contributed by atoms with Crippen molar-refractivity contribution in [1.82, 2.24) is 0 Å². The highest BCUT2D eigenvalue weighted by Gasteiger charge is 2.43. The molecule has 2 aromatic carbocycles. The van der Waals surface area contributed by atoms with Gasteiger partial charge in [-0.25, -0.2) is 17.6 Å². The van der Waals surface area contributed by atoms with Crippen LogP contribution in [0, 0.1) is 30.2 Å². The molecule has 29 heavy (non-hydrogen) atoms. The Morgan fingerprint density at radius 2 is 1.72 bits per heavy atom. The van der Waals surface area contributed by atoms with Gasteiger partial charge in [-0.3, -0.25) is 4.79 Å². The lowest BCUT2D eigenvalue weighted by Crippen LogP contribution is -2.26. The molecule has 0 bridgehead atoms. The van der Waals surface area contributed by atoms with Crippen LogP contribution in [0.4, 0.5) is 42.1 Å². The lowest BCUT2D eigenvalue weighted by atomic mass is 9.98. The normalized spacial score (nSPS) is 16.2. The average Bonchev–Trinajstić information content (AvgIpc) is 3.00. The number of benzene rings is 2. The molecule has 0 saturated carbocycles. The second-order valence-corrected chi connectivity index (χ2v) is 8.00. The SMILES string of the molecule is Cc1ccc2c(c1)C(C(=O)Nc1c(F)c(F)c(C(F)(F)F)c(F)c1F)CN2SI. The summed E-state index contributed by atoms with van der Waals surface area (Å²) < 4.78 is 95.5. The lowest BCUT2D eigenvalue weighted by Gasteiger charge is -2.17. The zero-order valence-corrected chi connectivity index (χ0v) is 17.3. The van der Waals surface area contributed by atoms with Gasteiger partial charge in [-0.2, -0.15) is 13.2 Å². The molecular weight excluding hydrogens is 540 g/mol. The van der Waals surface area contributed by atoms with E-state index in [1.807, 2.05) is 21.2 Å². The van der Waals surface area contributed by atoms with Gasteiger partial charge in [0.15, 0.2) is 23.3 Å². The van der Waals surface area contributed by atoms with Crippen LogP contribution in [-0.2, 0) is 11.0 Å². The van der Waals surface area contributed by atoms with Gasteiger partial charge in [0.2, 0.25) is 5.91 Å². The van der Waals surface area contributed by atoms with Crippen LogP contribution in [0.15, 0.2) is 18.2 Å². The Labute approximate surface area is 176 Å². The fourth-order valence-electron chi connectivity index (χ4n) is 3.03. The molecule has 0 fully saturated rings. The zero-order chi connectivity index (χ0) is 21.7. The molecule has 1 N–H and O–H groups in total. The van der Waals surface area contributed by atoms with E-state index in [2.05, 4.69) is 0 Å². The van der Waals surface area contributed by atoms with Crippen molar-refractivity contribution in [3.63, 3.8) is 0 Å². The maximum atomic E-state index is 14.1. The summed E-state index contributed by atoms with van der Waals surface area (Å²) in [5, 5.41) is 1.71. The number of hydrogen-bond donors (Lipinski definition) is 1. The maximum absolute atomic E-state index is 14.1. The van der Waals surface area contributed by atoms with Gasteiger partial charge in [0.1, 0.15) is 11.3 Å². The predicted octanol–water partition coefficient (Wildman–Crippen LogP) is 6.11.